The lowest BCUT2D eigenvalue weighted by atomic mass is 9.98. The van der Waals surface area contributed by atoms with E-state index in [0.29, 0.717) is 25.9 Å². The van der Waals surface area contributed by atoms with Gasteiger partial charge in [0.05, 0.1) is 24.9 Å². The number of rotatable bonds is 12. The van der Waals surface area contributed by atoms with Crippen LogP contribution < -0.4 is 26.2 Å². The summed E-state index contributed by atoms with van der Waals surface area (Å²) in [6, 6.07) is 16.8. The lowest BCUT2D eigenvalue weighted by molar-refractivity contribution is -0.128. The molecule has 4 amide bonds. The van der Waals surface area contributed by atoms with Crippen LogP contribution in [0.4, 0.5) is 10.5 Å². The van der Waals surface area contributed by atoms with Crippen LogP contribution in [-0.4, -0.2) is 70.9 Å². The number of amides is 4. The second kappa shape index (κ2) is 14.3. The molecule has 230 valence electrons. The van der Waals surface area contributed by atoms with Gasteiger partial charge < -0.3 is 41.4 Å². The lowest BCUT2D eigenvalue weighted by Gasteiger charge is -2.29. The van der Waals surface area contributed by atoms with E-state index < -0.39 is 17.7 Å². The minimum absolute atomic E-state index is 0.0990. The van der Waals surface area contributed by atoms with Gasteiger partial charge in [-0.3, -0.25) is 9.59 Å². The first-order chi connectivity index (χ1) is 20.6. The number of fused-ring (bicyclic) bond motifs is 1. The van der Waals surface area contributed by atoms with Crippen molar-refractivity contribution in [2.24, 2.45) is 0 Å². The Kier molecular flexibility index (Phi) is 10.6. The molecule has 4 rings (SSSR count). The van der Waals surface area contributed by atoms with Crippen molar-refractivity contribution in [2.75, 3.05) is 25.1 Å². The van der Waals surface area contributed by atoms with Gasteiger partial charge in [-0.25, -0.2) is 4.79 Å². The van der Waals surface area contributed by atoms with E-state index in [-0.39, 0.29) is 37.4 Å². The molecule has 0 saturated heterocycles. The van der Waals surface area contributed by atoms with E-state index >= 15 is 0 Å². The fraction of sp³-hybridized carbons (Fsp3) is 0.406. The molecule has 7 N–H and O–H groups in total. The van der Waals surface area contributed by atoms with Crippen molar-refractivity contribution in [3.63, 3.8) is 0 Å². The summed E-state index contributed by atoms with van der Waals surface area (Å²) in [6.07, 6.45) is 2.08. The molecule has 43 heavy (non-hydrogen) atoms. The summed E-state index contributed by atoms with van der Waals surface area (Å²) in [5, 5.41) is 30.1. The SMILES string of the molecule is CNC(=O)NCc1ccccc1-c1ccc(CN2C(=O)[C@H](NC(=O)CC(C)(C)NC[C@H](O)CO)CCc3[nH]ccc32)cc1. The highest BCUT2D eigenvalue weighted by atomic mass is 16.3. The number of H-pyrrole nitrogens is 1. The zero-order valence-electron chi connectivity index (χ0n) is 24.9. The number of benzene rings is 2. The Morgan fingerprint density at radius 2 is 1.86 bits per heavy atom. The molecule has 0 unspecified atom stereocenters. The Balaban J connectivity index is 1.46. The zero-order chi connectivity index (χ0) is 31.0. The molecule has 0 spiro atoms. The molecule has 0 radical (unpaired) electrons. The fourth-order valence-electron chi connectivity index (χ4n) is 5.22. The first kappa shape index (κ1) is 31.7. The number of hydrogen-bond acceptors (Lipinski definition) is 6. The van der Waals surface area contributed by atoms with Crippen LogP contribution >= 0.6 is 0 Å². The lowest BCUT2D eigenvalue weighted by Crippen LogP contribution is -2.51. The van der Waals surface area contributed by atoms with Crippen molar-refractivity contribution in [2.45, 2.75) is 63.9 Å². The van der Waals surface area contributed by atoms with Gasteiger partial charge in [0, 0.05) is 44.0 Å². The van der Waals surface area contributed by atoms with Crippen LogP contribution in [0.25, 0.3) is 11.1 Å². The second-order valence-electron chi connectivity index (χ2n) is 11.5. The predicted octanol–water partition coefficient (Wildman–Crippen LogP) is 2.19. The highest BCUT2D eigenvalue weighted by Gasteiger charge is 2.33. The first-order valence-electron chi connectivity index (χ1n) is 14.5. The smallest absolute Gasteiger partial charge is 0.314 e. The average molecular weight is 591 g/mol. The molecule has 11 nitrogen and oxygen atoms in total. The van der Waals surface area contributed by atoms with Crippen LogP contribution in [-0.2, 0) is 29.1 Å². The summed E-state index contributed by atoms with van der Waals surface area (Å²) in [4.78, 5) is 43.5. The normalized spacial score (nSPS) is 15.8. The molecule has 0 saturated carbocycles. The van der Waals surface area contributed by atoms with Crippen molar-refractivity contribution < 1.29 is 24.6 Å². The molecule has 1 aliphatic rings. The molecule has 2 aromatic carbocycles. The van der Waals surface area contributed by atoms with E-state index in [9.17, 15) is 19.5 Å². The second-order valence-corrected chi connectivity index (χ2v) is 11.5. The molecular weight excluding hydrogens is 548 g/mol. The van der Waals surface area contributed by atoms with Gasteiger partial charge in [0.15, 0.2) is 0 Å². The van der Waals surface area contributed by atoms with Crippen LogP contribution in [0.2, 0.25) is 0 Å². The average Bonchev–Trinajstić information content (AvgIpc) is 3.43. The number of aryl methyl sites for hydroxylation is 1. The molecule has 2 heterocycles. The fourth-order valence-corrected chi connectivity index (χ4v) is 5.22. The van der Waals surface area contributed by atoms with E-state index in [4.69, 9.17) is 5.11 Å². The number of hydrogen-bond donors (Lipinski definition) is 7. The summed E-state index contributed by atoms with van der Waals surface area (Å²) in [5.41, 5.74) is 5.03. The van der Waals surface area contributed by atoms with Gasteiger partial charge in [0.25, 0.3) is 0 Å². The van der Waals surface area contributed by atoms with E-state index in [1.807, 2.05) is 74.6 Å². The quantitative estimate of drug-likeness (QED) is 0.171. The zero-order valence-corrected chi connectivity index (χ0v) is 24.9. The number of carbonyl (C=O) groups excluding carboxylic acids is 3. The number of anilines is 1. The maximum absolute atomic E-state index is 13.8. The third-order valence-corrected chi connectivity index (χ3v) is 7.60. The summed E-state index contributed by atoms with van der Waals surface area (Å²) < 4.78 is 0. The standard InChI is InChI=1S/C32H42N6O5/c1-32(2,36-18-24(40)20-39)16-29(41)37-27-13-12-26-28(14-15-34-26)38(30(27)42)19-21-8-10-22(11-9-21)25-7-5-4-6-23(25)17-35-31(43)33-3/h4-11,14-15,24,27,34,36,39-40H,12-13,16-20H2,1-3H3,(H,37,41)(H2,33,35,43)/t24-,27+/m0/s1. The number of nitrogens with zero attached hydrogens (tertiary/aromatic N) is 1. The van der Waals surface area contributed by atoms with Crippen LogP contribution in [0.1, 0.15) is 43.5 Å². The number of β-amino-alcohol motifs (C(OH)–C–C–N with tert-alkyl or cyclic N) is 1. The number of urea groups is 1. The van der Waals surface area contributed by atoms with E-state index in [0.717, 1.165) is 33.6 Å². The Hall–Kier alpha value is -4.19. The molecule has 1 aromatic heterocycles. The van der Waals surface area contributed by atoms with Crippen molar-refractivity contribution in [1.82, 2.24) is 26.3 Å². The van der Waals surface area contributed by atoms with Gasteiger partial charge >= 0.3 is 6.03 Å². The minimum Gasteiger partial charge on any atom is -0.394 e. The molecule has 1 aliphatic heterocycles. The summed E-state index contributed by atoms with van der Waals surface area (Å²) in [5.74, 6) is -0.448. The number of carbonyl (C=O) groups is 3. The number of nitrogens with one attached hydrogen (secondary N) is 5. The maximum atomic E-state index is 13.8. The van der Waals surface area contributed by atoms with Gasteiger partial charge in [-0.05, 0) is 55.0 Å². The van der Waals surface area contributed by atoms with Crippen LogP contribution in [0.5, 0.6) is 0 Å². The van der Waals surface area contributed by atoms with Gasteiger partial charge in [-0.2, -0.15) is 0 Å². The largest absolute Gasteiger partial charge is 0.394 e. The maximum Gasteiger partial charge on any atom is 0.314 e. The van der Waals surface area contributed by atoms with Gasteiger partial charge in [-0.1, -0.05) is 48.5 Å². The third-order valence-electron chi connectivity index (χ3n) is 7.60. The number of aliphatic hydroxyl groups is 2. The van der Waals surface area contributed by atoms with E-state index in [1.54, 1.807) is 11.9 Å². The Morgan fingerprint density at radius 3 is 2.58 bits per heavy atom. The molecule has 11 heteroatoms. The van der Waals surface area contributed by atoms with Crippen LogP contribution in [0, 0.1) is 0 Å². The minimum atomic E-state index is -0.914. The predicted molar refractivity (Wildman–Crippen MR) is 165 cm³/mol. The summed E-state index contributed by atoms with van der Waals surface area (Å²) in [7, 11) is 1.58. The van der Waals surface area contributed by atoms with Gasteiger partial charge in [-0.15, -0.1) is 0 Å². The molecule has 2 atom stereocenters. The highest BCUT2D eigenvalue weighted by Crippen LogP contribution is 2.29. The Morgan fingerprint density at radius 1 is 1.12 bits per heavy atom. The van der Waals surface area contributed by atoms with Crippen LogP contribution in [0.15, 0.2) is 60.8 Å². The summed E-state index contributed by atoms with van der Waals surface area (Å²) >= 11 is 0. The number of aromatic nitrogens is 1. The van der Waals surface area contributed by atoms with Crippen LogP contribution in [0.3, 0.4) is 0 Å². The molecule has 0 fully saturated rings. The summed E-state index contributed by atoms with van der Waals surface area (Å²) in [6.45, 7) is 4.18. The Labute approximate surface area is 252 Å². The first-order valence-corrected chi connectivity index (χ1v) is 14.5. The van der Waals surface area contributed by atoms with Crippen molar-refractivity contribution >= 4 is 23.5 Å². The molecule has 0 aliphatic carbocycles. The number of aromatic amines is 1. The van der Waals surface area contributed by atoms with E-state index in [1.165, 1.54) is 0 Å². The highest BCUT2D eigenvalue weighted by molar-refractivity contribution is 6.00. The van der Waals surface area contributed by atoms with E-state index in [2.05, 4.69) is 26.3 Å². The topological polar surface area (TPSA) is 159 Å². The van der Waals surface area contributed by atoms with Gasteiger partial charge in [0.2, 0.25) is 11.8 Å². The van der Waals surface area contributed by atoms with Crippen molar-refractivity contribution in [1.29, 1.82) is 0 Å². The monoisotopic (exact) mass is 590 g/mol. The third kappa shape index (κ3) is 8.44. The van der Waals surface area contributed by atoms with Gasteiger partial charge in [0.1, 0.15) is 6.04 Å². The number of aliphatic hydroxyl groups excluding tert-OH is 2. The molecule has 3 aromatic rings. The molecule has 0 bridgehead atoms. The molecular formula is C32H42N6O5. The van der Waals surface area contributed by atoms with Crippen molar-refractivity contribution in [3.05, 3.63) is 77.6 Å². The Bertz CT molecular complexity index is 1400. The van der Waals surface area contributed by atoms with Crippen molar-refractivity contribution in [3.8, 4) is 11.1 Å².